The zero-order valence-electron chi connectivity index (χ0n) is 45.7. The number of hydrogen-bond acceptors (Lipinski definition) is 20. The molecule has 1 amide bonds. The number of carboxylic acid groups (broad SMARTS) is 1. The first-order chi connectivity index (χ1) is 39.5. The van der Waals surface area contributed by atoms with Crippen LogP contribution < -0.4 is 15.4 Å². The number of carbonyl (C=O) groups is 3. The zero-order chi connectivity index (χ0) is 59.4. The second-order valence-corrected chi connectivity index (χ2v) is 19.1. The molecule has 7 N–H and O–H groups in total. The van der Waals surface area contributed by atoms with E-state index in [4.69, 9.17) is 37.9 Å². The van der Waals surface area contributed by atoms with Crippen LogP contribution in [0.25, 0.3) is 11.3 Å². The van der Waals surface area contributed by atoms with Crippen molar-refractivity contribution in [3.8, 4) is 17.0 Å². The van der Waals surface area contributed by atoms with Crippen LogP contribution in [-0.2, 0) is 78.2 Å². The van der Waals surface area contributed by atoms with Crippen LogP contribution in [-0.4, -0.2) is 210 Å². The van der Waals surface area contributed by atoms with Crippen molar-refractivity contribution in [2.24, 2.45) is 0 Å². The number of hydrogen-bond donors (Lipinski definition) is 7. The zero-order valence-corrected chi connectivity index (χ0v) is 45.7. The van der Waals surface area contributed by atoms with Gasteiger partial charge in [0.1, 0.15) is 17.9 Å². The van der Waals surface area contributed by atoms with Gasteiger partial charge in [-0.3, -0.25) is 14.3 Å². The number of methoxy groups -OCH3 is 1. The molecule has 0 saturated carbocycles. The predicted octanol–water partition coefficient (Wildman–Crippen LogP) is 2.03. The van der Waals surface area contributed by atoms with Crippen LogP contribution >= 0.6 is 0 Å². The molecule has 0 bridgehead atoms. The molecule has 0 spiro atoms. The summed E-state index contributed by atoms with van der Waals surface area (Å²) in [6.45, 7) is 4.47. The van der Waals surface area contributed by atoms with Crippen LogP contribution in [0, 0.1) is 29.1 Å². The Labute approximate surface area is 470 Å². The Morgan fingerprint density at radius 2 is 1.37 bits per heavy atom. The molecular formula is C53H74F5N7O17. The number of aliphatic hydroxyl groups excluding tert-OH is 4. The minimum atomic E-state index is -2.37. The normalized spacial score (nSPS) is 18.4. The third kappa shape index (κ3) is 21.5. The topological polar surface area (TPSA) is 308 Å². The van der Waals surface area contributed by atoms with E-state index in [9.17, 15) is 61.9 Å². The first kappa shape index (κ1) is 67.1. The van der Waals surface area contributed by atoms with Gasteiger partial charge in [-0.25, -0.2) is 22.6 Å². The monoisotopic (exact) mass is 1180 g/mol. The number of nitrogens with one attached hydrogen (secondary N) is 2. The molecule has 1 aliphatic heterocycles. The molecule has 29 heteroatoms. The number of amides is 1. The number of halogens is 5. The Morgan fingerprint density at radius 1 is 0.768 bits per heavy atom. The summed E-state index contributed by atoms with van der Waals surface area (Å²) in [5.74, 6) is -18.7. The number of rotatable bonds is 41. The van der Waals surface area contributed by atoms with Crippen LogP contribution in [0.1, 0.15) is 56.6 Å². The SMILES string of the molecule is COCCOCCn1cc(CCCCCCO[C@]2(C(=O)O)C[C@H](O)[C@@H](NC(C)CO)[C@H]([C@H](O)[C@H](O)CNC(=O)Cc3ccc(-c4cn(CCOCCOCCOCCOCCC(=O)Oc5c(F)c(F)c(F)c(F)c5F)nn4)cc3)O2)cn1. The second kappa shape index (κ2) is 35.5. The van der Waals surface area contributed by atoms with Crippen molar-refractivity contribution in [1.82, 2.24) is 35.4 Å². The van der Waals surface area contributed by atoms with Gasteiger partial charge in [-0.2, -0.15) is 13.9 Å². The number of benzene rings is 2. The first-order valence-corrected chi connectivity index (χ1v) is 26.8. The average molecular weight is 1180 g/mol. The maximum Gasteiger partial charge on any atom is 0.364 e. The van der Waals surface area contributed by atoms with E-state index in [1.165, 1.54) is 0 Å². The molecule has 24 nitrogen and oxygen atoms in total. The summed E-state index contributed by atoms with van der Waals surface area (Å²) in [7, 11) is 1.61. The van der Waals surface area contributed by atoms with Crippen LogP contribution in [0.15, 0.2) is 42.9 Å². The van der Waals surface area contributed by atoms with E-state index >= 15 is 0 Å². The molecule has 1 unspecified atom stereocenters. The summed E-state index contributed by atoms with van der Waals surface area (Å²) in [5, 5.41) is 72.2. The van der Waals surface area contributed by atoms with Crippen molar-refractivity contribution in [1.29, 1.82) is 0 Å². The predicted molar refractivity (Wildman–Crippen MR) is 276 cm³/mol. The number of aliphatic hydroxyl groups is 4. The van der Waals surface area contributed by atoms with Gasteiger partial charge in [0.05, 0.1) is 142 Å². The molecule has 458 valence electrons. The number of nitrogens with zero attached hydrogens (tertiary/aromatic N) is 5. The summed E-state index contributed by atoms with van der Waals surface area (Å²) in [6.07, 6.45) is 1.52. The van der Waals surface area contributed by atoms with E-state index in [2.05, 4.69) is 30.8 Å². The summed E-state index contributed by atoms with van der Waals surface area (Å²) in [4.78, 5) is 37.6. The molecule has 0 aliphatic carbocycles. The summed E-state index contributed by atoms with van der Waals surface area (Å²) in [6, 6.07) is 5.20. The van der Waals surface area contributed by atoms with E-state index < -0.39 is 114 Å². The fourth-order valence-electron chi connectivity index (χ4n) is 8.26. The number of ether oxygens (including phenoxy) is 9. The van der Waals surface area contributed by atoms with Gasteiger partial charge in [-0.05, 0) is 37.3 Å². The minimum Gasteiger partial charge on any atom is -0.477 e. The molecule has 1 fully saturated rings. The van der Waals surface area contributed by atoms with Crippen LogP contribution in [0.3, 0.4) is 0 Å². The number of aliphatic carboxylic acids is 1. The van der Waals surface area contributed by atoms with Crippen molar-refractivity contribution in [3.05, 3.63) is 83.1 Å². The Hall–Kier alpha value is -5.67. The van der Waals surface area contributed by atoms with Crippen LogP contribution in [0.2, 0.25) is 0 Å². The average Bonchev–Trinajstić information content (AvgIpc) is 3.55. The molecular weight excluding hydrogens is 1100 g/mol. The van der Waals surface area contributed by atoms with Crippen molar-refractivity contribution < 1.29 is 105 Å². The van der Waals surface area contributed by atoms with Crippen molar-refractivity contribution >= 4 is 17.8 Å². The highest BCUT2D eigenvalue weighted by Crippen LogP contribution is 2.34. The fraction of sp³-hybridized carbons (Fsp3) is 0.623. The molecule has 2 aromatic carbocycles. The molecule has 3 heterocycles. The van der Waals surface area contributed by atoms with E-state index in [0.29, 0.717) is 63.6 Å². The lowest BCUT2D eigenvalue weighted by molar-refractivity contribution is -0.311. The number of esters is 1. The number of unbranched alkanes of at least 4 members (excludes halogenated alkanes) is 3. The van der Waals surface area contributed by atoms with Crippen LogP contribution in [0.4, 0.5) is 22.0 Å². The fourth-order valence-corrected chi connectivity index (χ4v) is 8.26. The lowest BCUT2D eigenvalue weighted by Gasteiger charge is -2.47. The third-order valence-electron chi connectivity index (χ3n) is 12.7. The Balaban J connectivity index is 0.943. The second-order valence-electron chi connectivity index (χ2n) is 19.1. The summed E-state index contributed by atoms with van der Waals surface area (Å²) >= 11 is 0. The van der Waals surface area contributed by atoms with Gasteiger partial charge in [0.25, 0.3) is 5.79 Å². The van der Waals surface area contributed by atoms with E-state index in [0.717, 1.165) is 30.4 Å². The van der Waals surface area contributed by atoms with Gasteiger partial charge in [-0.15, -0.1) is 5.10 Å². The van der Waals surface area contributed by atoms with Crippen molar-refractivity contribution in [2.45, 2.75) is 114 Å². The molecule has 4 aromatic rings. The maximum absolute atomic E-state index is 13.7. The highest BCUT2D eigenvalue weighted by atomic mass is 19.2. The van der Waals surface area contributed by atoms with E-state index in [1.54, 1.807) is 49.2 Å². The Kier molecular flexibility index (Phi) is 29.0. The number of carbonyl (C=O) groups excluding carboxylic acids is 2. The standard InChI is InChI=1S/C53H74F5N7O17/c1-34(33-66)61-48-39(67)28-53(52(72)73,80-15-6-4-3-5-7-36-29-60-64(31-36)13-17-76-20-19-74-2)82-51(48)49(71)40(68)30-59-41(69)27-35-8-10-37(11-9-35)38-32-65(63-62-38)14-18-77-22-24-79-26-25-78-23-21-75-16-12-42(70)81-50-46(57)44(55)43(54)45(56)47(50)58/h8-11,29,31-32,34,39-40,48-49,51,61,66-68,71H,3-7,12-28,30,33H2,1-2H3,(H,59,69)(H,72,73)/t34?,39-,40+,48+,49+,51+,53+/m0/s1. The highest BCUT2D eigenvalue weighted by molar-refractivity contribution is 5.79. The number of carboxylic acids is 1. The van der Waals surface area contributed by atoms with Crippen molar-refractivity contribution in [2.75, 3.05) is 99.5 Å². The van der Waals surface area contributed by atoms with E-state index in [1.807, 2.05) is 17.1 Å². The van der Waals surface area contributed by atoms with Crippen LogP contribution in [0.5, 0.6) is 5.75 Å². The molecule has 2 aromatic heterocycles. The van der Waals surface area contributed by atoms with Gasteiger partial charge in [0.15, 0.2) is 0 Å². The quantitative estimate of drug-likeness (QED) is 0.00835. The highest BCUT2D eigenvalue weighted by Gasteiger charge is 2.55. The van der Waals surface area contributed by atoms with Gasteiger partial charge < -0.3 is 78.8 Å². The Bertz CT molecular complexity index is 2520. The summed E-state index contributed by atoms with van der Waals surface area (Å²) < 4.78 is 119. The lowest BCUT2D eigenvalue weighted by atomic mass is 9.88. The lowest BCUT2D eigenvalue weighted by Crippen LogP contribution is -2.68. The van der Waals surface area contributed by atoms with E-state index in [-0.39, 0.29) is 65.9 Å². The van der Waals surface area contributed by atoms with Gasteiger partial charge in [0.2, 0.25) is 40.7 Å². The molecule has 82 heavy (non-hydrogen) atoms. The third-order valence-corrected chi connectivity index (χ3v) is 12.7. The van der Waals surface area contributed by atoms with Gasteiger partial charge in [-0.1, -0.05) is 42.3 Å². The Morgan fingerprint density at radius 3 is 2.00 bits per heavy atom. The molecule has 1 saturated heterocycles. The number of aryl methyl sites for hydroxylation is 1. The first-order valence-electron chi connectivity index (χ1n) is 26.8. The molecule has 7 atom stereocenters. The maximum atomic E-state index is 13.7. The molecule has 0 radical (unpaired) electrons. The minimum absolute atomic E-state index is 0.0280. The summed E-state index contributed by atoms with van der Waals surface area (Å²) in [5.41, 5.74) is 2.98. The smallest absolute Gasteiger partial charge is 0.364 e. The largest absolute Gasteiger partial charge is 0.477 e. The van der Waals surface area contributed by atoms with Gasteiger partial charge >= 0.3 is 11.9 Å². The molecule has 1 aliphatic rings. The van der Waals surface area contributed by atoms with Gasteiger partial charge in [0, 0.05) is 37.9 Å². The number of aromatic nitrogens is 5. The van der Waals surface area contributed by atoms with Crippen molar-refractivity contribution in [3.63, 3.8) is 0 Å². The molecule has 5 rings (SSSR count).